The Morgan fingerprint density at radius 3 is 3.08 bits per heavy atom. The van der Waals surface area contributed by atoms with E-state index in [-0.39, 0.29) is 0 Å². The van der Waals surface area contributed by atoms with Crippen LogP contribution in [0.15, 0.2) is 24.5 Å². The van der Waals surface area contributed by atoms with E-state index in [9.17, 15) is 0 Å². The van der Waals surface area contributed by atoms with Crippen LogP contribution in [0, 0.1) is 6.92 Å². The predicted octanol–water partition coefficient (Wildman–Crippen LogP) is 2.52. The highest BCUT2D eigenvalue weighted by molar-refractivity contribution is 5.43. The normalized spacial score (nSPS) is 16.7. The molecule has 13 heavy (non-hydrogen) atoms. The van der Waals surface area contributed by atoms with Crippen LogP contribution in [0.1, 0.15) is 30.0 Å². The smallest absolute Gasteiger partial charge is 0.137 e. The van der Waals surface area contributed by atoms with Gasteiger partial charge in [0.25, 0.3) is 0 Å². The lowest BCUT2D eigenvalue weighted by Gasteiger charge is -1.92. The van der Waals surface area contributed by atoms with E-state index >= 15 is 0 Å². The van der Waals surface area contributed by atoms with Crippen LogP contribution in [-0.2, 0) is 0 Å². The van der Waals surface area contributed by atoms with Crippen LogP contribution in [0.4, 0.5) is 0 Å². The van der Waals surface area contributed by atoms with Gasteiger partial charge in [0, 0.05) is 18.3 Å². The van der Waals surface area contributed by atoms with E-state index in [0.29, 0.717) is 0 Å². The van der Waals surface area contributed by atoms with Crippen molar-refractivity contribution in [2.75, 3.05) is 0 Å². The number of aromatic nitrogens is 2. The Morgan fingerprint density at radius 1 is 1.46 bits per heavy atom. The minimum absolute atomic E-state index is 0.750. The topological polar surface area (TPSA) is 17.3 Å². The molecule has 3 rings (SSSR count). The van der Waals surface area contributed by atoms with Crippen molar-refractivity contribution >= 4 is 5.65 Å². The van der Waals surface area contributed by atoms with Gasteiger partial charge >= 0.3 is 0 Å². The SMILES string of the molecule is Cc1ccn2cc(C3CC3)nc2c1. The number of pyridine rings is 1. The van der Waals surface area contributed by atoms with Crippen LogP contribution in [0.5, 0.6) is 0 Å². The number of rotatable bonds is 1. The maximum atomic E-state index is 4.60. The molecule has 1 aliphatic carbocycles. The summed E-state index contributed by atoms with van der Waals surface area (Å²) in [7, 11) is 0. The Labute approximate surface area is 77.2 Å². The van der Waals surface area contributed by atoms with Crippen LogP contribution in [-0.4, -0.2) is 9.38 Å². The van der Waals surface area contributed by atoms with E-state index in [1.165, 1.54) is 24.1 Å². The van der Waals surface area contributed by atoms with Gasteiger partial charge in [-0.2, -0.15) is 0 Å². The van der Waals surface area contributed by atoms with E-state index in [1.807, 2.05) is 0 Å². The van der Waals surface area contributed by atoms with Gasteiger partial charge in [-0.15, -0.1) is 0 Å². The molecule has 0 saturated heterocycles. The first kappa shape index (κ1) is 7.13. The molecular formula is C11H12N2. The van der Waals surface area contributed by atoms with Gasteiger partial charge in [-0.3, -0.25) is 0 Å². The number of hydrogen-bond acceptors (Lipinski definition) is 1. The van der Waals surface area contributed by atoms with Crippen LogP contribution in [0.3, 0.4) is 0 Å². The summed E-state index contributed by atoms with van der Waals surface area (Å²) in [5, 5.41) is 0. The molecule has 1 fully saturated rings. The van der Waals surface area contributed by atoms with Gasteiger partial charge in [-0.1, -0.05) is 0 Å². The molecule has 1 aliphatic rings. The minimum atomic E-state index is 0.750. The number of imidazole rings is 1. The maximum absolute atomic E-state index is 4.60. The Balaban J connectivity index is 2.20. The summed E-state index contributed by atoms with van der Waals surface area (Å²) in [6, 6.07) is 4.25. The number of aryl methyl sites for hydroxylation is 1. The van der Waals surface area contributed by atoms with E-state index in [4.69, 9.17) is 0 Å². The van der Waals surface area contributed by atoms with Crippen molar-refractivity contribution in [3.05, 3.63) is 35.8 Å². The van der Waals surface area contributed by atoms with Gasteiger partial charge < -0.3 is 4.40 Å². The summed E-state index contributed by atoms with van der Waals surface area (Å²) >= 11 is 0. The monoisotopic (exact) mass is 172 g/mol. The molecule has 0 bridgehead atoms. The summed E-state index contributed by atoms with van der Waals surface area (Å²) in [5.74, 6) is 0.750. The second-order valence-corrected chi connectivity index (χ2v) is 3.91. The summed E-state index contributed by atoms with van der Waals surface area (Å²) < 4.78 is 2.11. The molecule has 2 heteroatoms. The molecule has 1 saturated carbocycles. The quantitative estimate of drug-likeness (QED) is 0.646. The third kappa shape index (κ3) is 1.13. The zero-order valence-electron chi connectivity index (χ0n) is 7.70. The van der Waals surface area contributed by atoms with Gasteiger partial charge in [0.2, 0.25) is 0 Å². The molecule has 2 heterocycles. The molecule has 2 aromatic rings. The highest BCUT2D eigenvalue weighted by Crippen LogP contribution is 2.39. The molecular weight excluding hydrogens is 160 g/mol. The Hall–Kier alpha value is -1.31. The molecule has 0 atom stereocenters. The fraction of sp³-hybridized carbons (Fsp3) is 0.364. The summed E-state index contributed by atoms with van der Waals surface area (Å²) in [4.78, 5) is 4.60. The zero-order valence-corrected chi connectivity index (χ0v) is 7.70. The molecule has 0 radical (unpaired) electrons. The first-order valence-electron chi connectivity index (χ1n) is 4.78. The molecule has 2 nitrogen and oxygen atoms in total. The molecule has 2 aromatic heterocycles. The standard InChI is InChI=1S/C11H12N2/c1-8-4-5-13-7-10(9-2-3-9)12-11(13)6-8/h4-7,9H,2-3H2,1H3. The Bertz CT molecular complexity index is 452. The molecule has 66 valence electrons. The van der Waals surface area contributed by atoms with E-state index in [0.717, 1.165) is 11.6 Å². The first-order valence-corrected chi connectivity index (χ1v) is 4.78. The lowest BCUT2D eigenvalue weighted by molar-refractivity contribution is 1.06. The molecule has 0 aromatic carbocycles. The molecule has 0 aliphatic heterocycles. The average molecular weight is 172 g/mol. The van der Waals surface area contributed by atoms with Crippen molar-refractivity contribution in [2.45, 2.75) is 25.7 Å². The zero-order chi connectivity index (χ0) is 8.84. The fourth-order valence-corrected chi connectivity index (χ4v) is 1.68. The molecule has 0 amide bonds. The molecule has 0 unspecified atom stereocenters. The largest absolute Gasteiger partial charge is 0.307 e. The van der Waals surface area contributed by atoms with Crippen LogP contribution in [0.2, 0.25) is 0 Å². The van der Waals surface area contributed by atoms with Gasteiger partial charge in [0.1, 0.15) is 5.65 Å². The third-order valence-corrected chi connectivity index (χ3v) is 2.63. The number of hydrogen-bond donors (Lipinski definition) is 0. The Kier molecular flexibility index (Phi) is 1.29. The number of nitrogens with zero attached hydrogens (tertiary/aromatic N) is 2. The second kappa shape index (κ2) is 2.34. The van der Waals surface area contributed by atoms with Gasteiger partial charge in [-0.05, 0) is 37.5 Å². The average Bonchev–Trinajstić information content (AvgIpc) is 2.87. The summed E-state index contributed by atoms with van der Waals surface area (Å²) in [6.45, 7) is 2.10. The van der Waals surface area contributed by atoms with E-state index < -0.39 is 0 Å². The predicted molar refractivity (Wildman–Crippen MR) is 51.9 cm³/mol. The maximum Gasteiger partial charge on any atom is 0.137 e. The van der Waals surface area contributed by atoms with Crippen LogP contribution >= 0.6 is 0 Å². The van der Waals surface area contributed by atoms with Crippen molar-refractivity contribution in [3.63, 3.8) is 0 Å². The summed E-state index contributed by atoms with van der Waals surface area (Å²) in [6.07, 6.45) is 6.89. The van der Waals surface area contributed by atoms with E-state index in [2.05, 4.69) is 40.8 Å². The lowest BCUT2D eigenvalue weighted by atomic mass is 10.3. The van der Waals surface area contributed by atoms with Crippen molar-refractivity contribution in [1.29, 1.82) is 0 Å². The minimum Gasteiger partial charge on any atom is -0.307 e. The van der Waals surface area contributed by atoms with Gasteiger partial charge in [0.05, 0.1) is 5.69 Å². The highest BCUT2D eigenvalue weighted by Gasteiger charge is 2.25. The van der Waals surface area contributed by atoms with Gasteiger partial charge in [0.15, 0.2) is 0 Å². The van der Waals surface area contributed by atoms with Crippen LogP contribution in [0.25, 0.3) is 5.65 Å². The fourth-order valence-electron chi connectivity index (χ4n) is 1.68. The summed E-state index contributed by atoms with van der Waals surface area (Å²) in [5.41, 5.74) is 3.63. The van der Waals surface area contributed by atoms with Crippen molar-refractivity contribution in [1.82, 2.24) is 9.38 Å². The molecule has 0 spiro atoms. The third-order valence-electron chi connectivity index (χ3n) is 2.63. The second-order valence-electron chi connectivity index (χ2n) is 3.91. The van der Waals surface area contributed by atoms with Crippen molar-refractivity contribution < 1.29 is 0 Å². The van der Waals surface area contributed by atoms with Crippen LogP contribution < -0.4 is 0 Å². The number of fused-ring (bicyclic) bond motifs is 1. The van der Waals surface area contributed by atoms with Crippen molar-refractivity contribution in [2.24, 2.45) is 0 Å². The Morgan fingerprint density at radius 2 is 2.31 bits per heavy atom. The van der Waals surface area contributed by atoms with Crippen molar-refractivity contribution in [3.8, 4) is 0 Å². The first-order chi connectivity index (χ1) is 6.33. The highest BCUT2D eigenvalue weighted by atomic mass is 15.0. The van der Waals surface area contributed by atoms with E-state index in [1.54, 1.807) is 0 Å². The molecule has 0 N–H and O–H groups in total. The van der Waals surface area contributed by atoms with Gasteiger partial charge in [-0.25, -0.2) is 4.98 Å². The lowest BCUT2D eigenvalue weighted by Crippen LogP contribution is -1.81.